The summed E-state index contributed by atoms with van der Waals surface area (Å²) in [6.07, 6.45) is -0.197. The number of hydrogen-bond donors (Lipinski definition) is 1. The molecule has 0 amide bonds. The fraction of sp³-hybridized carbons (Fsp3) is 0.160. The maximum absolute atomic E-state index is 13.2. The van der Waals surface area contributed by atoms with E-state index >= 15 is 0 Å². The van der Waals surface area contributed by atoms with Gasteiger partial charge in [0.2, 0.25) is 0 Å². The lowest BCUT2D eigenvalue weighted by atomic mass is 10.0. The lowest BCUT2D eigenvalue weighted by Gasteiger charge is -2.18. The number of ether oxygens (including phenoxy) is 2. The van der Waals surface area contributed by atoms with E-state index in [9.17, 15) is 18.8 Å². The minimum atomic E-state index is -1.06. The molecule has 0 aliphatic heterocycles. The third kappa shape index (κ3) is 6.25. The average molecular weight is 435 g/mol. The van der Waals surface area contributed by atoms with Gasteiger partial charge in [-0.15, -0.1) is 0 Å². The van der Waals surface area contributed by atoms with Crippen LogP contribution in [-0.2, 0) is 9.53 Å². The van der Waals surface area contributed by atoms with Gasteiger partial charge in [-0.2, -0.15) is 0 Å². The van der Waals surface area contributed by atoms with Crippen LogP contribution in [0.1, 0.15) is 27.1 Å². The number of carbonyl (C=O) groups is 3. The number of Topliss-reactive ketones (excluding diaryl/α,β-unsaturated/α-hetero) is 2. The topological polar surface area (TPSA) is 81.7 Å². The second-order valence-electron chi connectivity index (χ2n) is 6.96. The minimum Gasteiger partial charge on any atom is -0.497 e. The number of nitrogens with one attached hydrogen (secondary N) is 1. The molecule has 3 aromatic rings. The van der Waals surface area contributed by atoms with Gasteiger partial charge in [0, 0.05) is 23.2 Å². The van der Waals surface area contributed by atoms with E-state index in [2.05, 4.69) is 5.32 Å². The third-order valence-electron chi connectivity index (χ3n) is 4.71. The summed E-state index contributed by atoms with van der Waals surface area (Å²) < 4.78 is 23.5. The highest BCUT2D eigenvalue weighted by atomic mass is 19.1. The molecule has 3 aromatic carbocycles. The van der Waals surface area contributed by atoms with Gasteiger partial charge in [0.15, 0.2) is 18.2 Å². The summed E-state index contributed by atoms with van der Waals surface area (Å²) in [5.41, 5.74) is 1.25. The summed E-state index contributed by atoms with van der Waals surface area (Å²) in [6, 6.07) is 19.2. The van der Waals surface area contributed by atoms with E-state index in [1.54, 1.807) is 54.6 Å². The van der Waals surface area contributed by atoms with Crippen molar-refractivity contribution < 1.29 is 28.2 Å². The number of methoxy groups -OCH3 is 1. The van der Waals surface area contributed by atoms with Gasteiger partial charge in [0.05, 0.1) is 7.11 Å². The summed E-state index contributed by atoms with van der Waals surface area (Å²) in [5.74, 6) is -1.26. The lowest BCUT2D eigenvalue weighted by molar-refractivity contribution is -0.143. The molecule has 6 nitrogen and oxygen atoms in total. The molecule has 1 unspecified atom stereocenters. The molecule has 0 saturated heterocycles. The molecule has 0 aliphatic rings. The smallest absolute Gasteiger partial charge is 0.329 e. The minimum absolute atomic E-state index is 0.197. The molecule has 0 aliphatic carbocycles. The van der Waals surface area contributed by atoms with E-state index in [0.717, 1.165) is 0 Å². The molecule has 1 N–H and O–H groups in total. The summed E-state index contributed by atoms with van der Waals surface area (Å²) in [4.78, 5) is 37.7. The molecule has 0 radical (unpaired) electrons. The molecule has 0 spiro atoms. The van der Waals surface area contributed by atoms with Crippen LogP contribution in [0, 0.1) is 5.82 Å². The van der Waals surface area contributed by atoms with Crippen LogP contribution in [0.25, 0.3) is 0 Å². The molecule has 0 fully saturated rings. The summed E-state index contributed by atoms with van der Waals surface area (Å²) in [6.45, 7) is -0.480. The fourth-order valence-corrected chi connectivity index (χ4v) is 2.97. The van der Waals surface area contributed by atoms with Crippen LogP contribution in [0.15, 0.2) is 78.9 Å². The zero-order valence-corrected chi connectivity index (χ0v) is 17.4. The number of benzene rings is 3. The summed E-state index contributed by atoms with van der Waals surface area (Å²) >= 11 is 0. The van der Waals surface area contributed by atoms with Gasteiger partial charge in [0.25, 0.3) is 0 Å². The van der Waals surface area contributed by atoms with Crippen LogP contribution in [-0.4, -0.2) is 37.3 Å². The van der Waals surface area contributed by atoms with Crippen molar-refractivity contribution in [1.29, 1.82) is 0 Å². The Morgan fingerprint density at radius 1 is 0.844 bits per heavy atom. The van der Waals surface area contributed by atoms with Crippen molar-refractivity contribution in [3.8, 4) is 5.75 Å². The van der Waals surface area contributed by atoms with Crippen molar-refractivity contribution in [2.45, 2.75) is 12.5 Å². The van der Waals surface area contributed by atoms with E-state index in [1.807, 2.05) is 0 Å². The van der Waals surface area contributed by atoms with E-state index in [0.29, 0.717) is 22.6 Å². The monoisotopic (exact) mass is 435 g/mol. The molecular weight excluding hydrogens is 413 g/mol. The number of ketones is 2. The second kappa shape index (κ2) is 10.9. The maximum Gasteiger partial charge on any atom is 0.329 e. The highest BCUT2D eigenvalue weighted by Gasteiger charge is 2.25. The van der Waals surface area contributed by atoms with Crippen LogP contribution < -0.4 is 10.1 Å². The van der Waals surface area contributed by atoms with Crippen LogP contribution in [0.4, 0.5) is 10.1 Å². The predicted molar refractivity (Wildman–Crippen MR) is 117 cm³/mol. The normalized spacial score (nSPS) is 11.3. The zero-order chi connectivity index (χ0) is 22.9. The first-order valence-electron chi connectivity index (χ1n) is 9.90. The number of carbonyl (C=O) groups excluding carboxylic acids is 3. The predicted octanol–water partition coefficient (Wildman–Crippen LogP) is 4.31. The van der Waals surface area contributed by atoms with E-state index in [1.165, 1.54) is 31.4 Å². The molecule has 0 saturated carbocycles. The average Bonchev–Trinajstić information content (AvgIpc) is 2.83. The number of anilines is 1. The first-order valence-corrected chi connectivity index (χ1v) is 9.90. The molecule has 0 bridgehead atoms. The molecule has 3 rings (SSSR count). The standard InChI is InChI=1S/C25H22FNO5/c1-31-21-13-7-18(8-14-21)24(29)16-32-25(30)22(27-20-11-9-19(26)10-12-20)15-23(28)17-5-3-2-4-6-17/h2-14,22,27H,15-16H2,1H3. The van der Waals surface area contributed by atoms with Crippen molar-refractivity contribution in [2.75, 3.05) is 19.0 Å². The Balaban J connectivity index is 1.69. The van der Waals surface area contributed by atoms with Crippen LogP contribution >= 0.6 is 0 Å². The van der Waals surface area contributed by atoms with Crippen LogP contribution in [0.2, 0.25) is 0 Å². The van der Waals surface area contributed by atoms with Crippen molar-refractivity contribution in [1.82, 2.24) is 0 Å². The number of halogens is 1. The molecule has 0 heterocycles. The highest BCUT2D eigenvalue weighted by Crippen LogP contribution is 2.16. The van der Waals surface area contributed by atoms with Crippen LogP contribution in [0.5, 0.6) is 5.75 Å². The van der Waals surface area contributed by atoms with Crippen molar-refractivity contribution >= 4 is 23.2 Å². The Morgan fingerprint density at radius 3 is 2.09 bits per heavy atom. The lowest BCUT2D eigenvalue weighted by Crippen LogP contribution is -2.34. The van der Waals surface area contributed by atoms with Crippen molar-refractivity contribution in [2.24, 2.45) is 0 Å². The van der Waals surface area contributed by atoms with Gasteiger partial charge in [-0.1, -0.05) is 30.3 Å². The number of esters is 1. The SMILES string of the molecule is COc1ccc(C(=O)COC(=O)C(CC(=O)c2ccccc2)Nc2ccc(F)cc2)cc1. The summed E-state index contributed by atoms with van der Waals surface area (Å²) in [5, 5.41) is 2.90. The Bertz CT molecular complexity index is 1070. The van der Waals surface area contributed by atoms with Gasteiger partial charge in [-0.3, -0.25) is 9.59 Å². The number of hydrogen-bond acceptors (Lipinski definition) is 6. The van der Waals surface area contributed by atoms with Gasteiger partial charge in [0.1, 0.15) is 17.6 Å². The fourth-order valence-electron chi connectivity index (χ4n) is 2.97. The maximum atomic E-state index is 13.2. The first-order chi connectivity index (χ1) is 15.5. The van der Waals surface area contributed by atoms with Crippen LogP contribution in [0.3, 0.4) is 0 Å². The van der Waals surface area contributed by atoms with Gasteiger partial charge in [-0.25, -0.2) is 9.18 Å². The molecule has 1 atom stereocenters. The first kappa shape index (κ1) is 22.7. The van der Waals surface area contributed by atoms with E-state index in [-0.39, 0.29) is 12.2 Å². The zero-order valence-electron chi connectivity index (χ0n) is 17.4. The van der Waals surface area contributed by atoms with Gasteiger partial charge < -0.3 is 14.8 Å². The third-order valence-corrected chi connectivity index (χ3v) is 4.71. The second-order valence-corrected chi connectivity index (χ2v) is 6.96. The Morgan fingerprint density at radius 2 is 1.47 bits per heavy atom. The molecule has 7 heteroatoms. The Labute approximate surface area is 185 Å². The van der Waals surface area contributed by atoms with Gasteiger partial charge >= 0.3 is 5.97 Å². The van der Waals surface area contributed by atoms with Gasteiger partial charge in [-0.05, 0) is 48.5 Å². The highest BCUT2D eigenvalue weighted by molar-refractivity contribution is 6.01. The largest absolute Gasteiger partial charge is 0.497 e. The van der Waals surface area contributed by atoms with Crippen molar-refractivity contribution in [3.63, 3.8) is 0 Å². The van der Waals surface area contributed by atoms with E-state index < -0.39 is 30.2 Å². The Kier molecular flexibility index (Phi) is 7.70. The Hall–Kier alpha value is -4.00. The van der Waals surface area contributed by atoms with E-state index in [4.69, 9.17) is 9.47 Å². The molecule has 0 aromatic heterocycles. The molecule has 164 valence electrons. The van der Waals surface area contributed by atoms with Crippen molar-refractivity contribution in [3.05, 3.63) is 95.8 Å². The molecule has 32 heavy (non-hydrogen) atoms. The summed E-state index contributed by atoms with van der Waals surface area (Å²) in [7, 11) is 1.52. The quantitative estimate of drug-likeness (QED) is 0.377. The number of rotatable bonds is 10. The molecular formula is C25H22FNO5.